The molecule has 3 saturated heterocycles. The molecule has 1 aromatic carbocycles. The van der Waals surface area contributed by atoms with E-state index in [-0.39, 0.29) is 48.4 Å². The fourth-order valence-corrected chi connectivity index (χ4v) is 5.51. The highest BCUT2D eigenvalue weighted by molar-refractivity contribution is 6.00. The summed E-state index contributed by atoms with van der Waals surface area (Å²) < 4.78 is 17.8. The molecule has 4 heterocycles. The van der Waals surface area contributed by atoms with E-state index in [1.165, 1.54) is 0 Å². The summed E-state index contributed by atoms with van der Waals surface area (Å²) in [6, 6.07) is 6.37. The Labute approximate surface area is 211 Å². The molecule has 196 valence electrons. The van der Waals surface area contributed by atoms with Gasteiger partial charge in [0.05, 0.1) is 30.4 Å². The number of nitrogens with zero attached hydrogens (tertiary/aromatic N) is 1. The topological polar surface area (TPSA) is 118 Å². The zero-order chi connectivity index (χ0) is 24.9. The summed E-state index contributed by atoms with van der Waals surface area (Å²) in [5.74, 6) is 0.0648. The van der Waals surface area contributed by atoms with Gasteiger partial charge in [-0.05, 0) is 37.8 Å². The summed E-state index contributed by atoms with van der Waals surface area (Å²) >= 11 is 0. The van der Waals surface area contributed by atoms with Crippen molar-refractivity contribution in [1.29, 1.82) is 0 Å². The Morgan fingerprint density at radius 1 is 1.00 bits per heavy atom. The summed E-state index contributed by atoms with van der Waals surface area (Å²) in [7, 11) is 0. The summed E-state index contributed by atoms with van der Waals surface area (Å²) in [5.41, 5.74) is 0.465. The molecule has 2 bridgehead atoms. The molecule has 0 aromatic heterocycles. The predicted molar refractivity (Wildman–Crippen MR) is 131 cm³/mol. The van der Waals surface area contributed by atoms with Gasteiger partial charge in [0, 0.05) is 51.7 Å². The third-order valence-corrected chi connectivity index (χ3v) is 7.63. The lowest BCUT2D eigenvalue weighted by molar-refractivity contribution is -0.134. The number of benzene rings is 1. The van der Waals surface area contributed by atoms with Crippen LogP contribution in [-0.4, -0.2) is 92.9 Å². The van der Waals surface area contributed by atoms with Crippen molar-refractivity contribution in [3.05, 3.63) is 29.8 Å². The minimum atomic E-state index is -0.642. The molecule has 1 aromatic rings. The lowest BCUT2D eigenvalue weighted by Gasteiger charge is -2.39. The maximum Gasteiger partial charge on any atom is 0.258 e. The standard InChI is InChI=1S/C26H36N4O6/c31-24(17-7-12-34-13-8-17)29-20-6-5-18-9-14-35-22-4-2-1-3-19(22)26(33)30-11-10-27-15-21(30)25(32)28-16-23(20)36-18/h1-4,17-18,20-21,23,27H,5-16H2,(H,28,32)(H,29,31)/t18-,20+,21-,23+/m0/s1. The van der Waals surface area contributed by atoms with Gasteiger partial charge in [-0.25, -0.2) is 0 Å². The molecule has 10 heteroatoms. The highest BCUT2D eigenvalue weighted by Gasteiger charge is 2.37. The fourth-order valence-electron chi connectivity index (χ4n) is 5.51. The van der Waals surface area contributed by atoms with E-state index in [0.717, 1.165) is 25.7 Å². The van der Waals surface area contributed by atoms with E-state index in [4.69, 9.17) is 14.2 Å². The Balaban J connectivity index is 1.33. The van der Waals surface area contributed by atoms with E-state index in [1.807, 2.05) is 12.1 Å². The summed E-state index contributed by atoms with van der Waals surface area (Å²) in [4.78, 5) is 41.3. The van der Waals surface area contributed by atoms with E-state index < -0.39 is 6.04 Å². The van der Waals surface area contributed by atoms with Crippen LogP contribution in [0.3, 0.4) is 0 Å². The lowest BCUT2D eigenvalue weighted by atomic mass is 9.94. The number of carbonyl (C=O) groups is 3. The van der Waals surface area contributed by atoms with Crippen LogP contribution in [0.1, 0.15) is 42.5 Å². The average molecular weight is 501 g/mol. The lowest BCUT2D eigenvalue weighted by Crippen LogP contribution is -2.61. The maximum atomic E-state index is 13.5. The summed E-state index contributed by atoms with van der Waals surface area (Å²) in [6.07, 6.45) is 3.25. The van der Waals surface area contributed by atoms with Gasteiger partial charge in [-0.3, -0.25) is 14.4 Å². The minimum Gasteiger partial charge on any atom is -0.493 e. The monoisotopic (exact) mass is 500 g/mol. The van der Waals surface area contributed by atoms with Crippen LogP contribution in [0.2, 0.25) is 0 Å². The van der Waals surface area contributed by atoms with E-state index in [0.29, 0.717) is 57.2 Å². The number of amides is 3. The van der Waals surface area contributed by atoms with Crippen molar-refractivity contribution in [3.8, 4) is 5.75 Å². The van der Waals surface area contributed by atoms with Crippen LogP contribution in [0.25, 0.3) is 0 Å². The fraction of sp³-hybridized carbons (Fsp3) is 0.654. The van der Waals surface area contributed by atoms with Gasteiger partial charge in [-0.1, -0.05) is 12.1 Å². The molecule has 0 saturated carbocycles. The van der Waals surface area contributed by atoms with Crippen LogP contribution in [0.15, 0.2) is 24.3 Å². The number of carbonyl (C=O) groups excluding carboxylic acids is 3. The Morgan fingerprint density at radius 3 is 2.69 bits per heavy atom. The number of para-hydroxylation sites is 1. The summed E-state index contributed by atoms with van der Waals surface area (Å²) in [6.45, 7) is 3.31. The number of fused-ring (bicyclic) bond motifs is 4. The molecular weight excluding hydrogens is 464 g/mol. The molecule has 0 unspecified atom stereocenters. The quantitative estimate of drug-likeness (QED) is 0.540. The van der Waals surface area contributed by atoms with Gasteiger partial charge in [-0.15, -0.1) is 0 Å². The van der Waals surface area contributed by atoms with Crippen LogP contribution in [0.4, 0.5) is 0 Å². The second kappa shape index (κ2) is 11.6. The van der Waals surface area contributed by atoms with Crippen molar-refractivity contribution in [2.75, 3.05) is 46.0 Å². The zero-order valence-corrected chi connectivity index (χ0v) is 20.6. The molecule has 36 heavy (non-hydrogen) atoms. The first-order valence-corrected chi connectivity index (χ1v) is 13.1. The number of piperazine rings is 1. The molecule has 0 spiro atoms. The highest BCUT2D eigenvalue weighted by atomic mass is 16.5. The SMILES string of the molecule is O=C(N[C@@H]1CC[C@H]2CCOc3ccccc3C(=O)N3CCNC[C@H]3C(=O)NC[C@H]1O2)C1CCOCC1. The molecule has 5 rings (SSSR count). The highest BCUT2D eigenvalue weighted by Crippen LogP contribution is 2.26. The van der Waals surface area contributed by atoms with Crippen LogP contribution >= 0.6 is 0 Å². The van der Waals surface area contributed by atoms with Crippen molar-refractivity contribution in [2.24, 2.45) is 5.92 Å². The van der Waals surface area contributed by atoms with Crippen molar-refractivity contribution in [3.63, 3.8) is 0 Å². The minimum absolute atomic E-state index is 0.0317. The van der Waals surface area contributed by atoms with Crippen molar-refractivity contribution < 1.29 is 28.6 Å². The molecule has 4 aliphatic rings. The Hall–Kier alpha value is -2.69. The normalized spacial score (nSPS) is 30.2. The molecule has 0 aliphatic carbocycles. The van der Waals surface area contributed by atoms with Crippen LogP contribution in [0, 0.1) is 5.92 Å². The molecule has 3 fully saturated rings. The van der Waals surface area contributed by atoms with E-state index in [1.54, 1.807) is 17.0 Å². The second-order valence-corrected chi connectivity index (χ2v) is 9.97. The van der Waals surface area contributed by atoms with Gasteiger partial charge in [0.2, 0.25) is 11.8 Å². The smallest absolute Gasteiger partial charge is 0.258 e. The van der Waals surface area contributed by atoms with E-state index in [9.17, 15) is 14.4 Å². The third-order valence-electron chi connectivity index (χ3n) is 7.63. The van der Waals surface area contributed by atoms with E-state index in [2.05, 4.69) is 16.0 Å². The van der Waals surface area contributed by atoms with Gasteiger partial charge in [0.15, 0.2) is 0 Å². The molecule has 0 radical (unpaired) electrons. The Bertz CT molecular complexity index is 952. The first-order valence-electron chi connectivity index (χ1n) is 13.1. The number of nitrogens with one attached hydrogen (secondary N) is 3. The molecule has 3 amide bonds. The number of hydrogen-bond acceptors (Lipinski definition) is 7. The van der Waals surface area contributed by atoms with Crippen LogP contribution < -0.4 is 20.7 Å². The van der Waals surface area contributed by atoms with Crippen molar-refractivity contribution in [2.45, 2.75) is 56.4 Å². The predicted octanol–water partition coefficient (Wildman–Crippen LogP) is 0.458. The van der Waals surface area contributed by atoms with Gasteiger partial charge >= 0.3 is 0 Å². The second-order valence-electron chi connectivity index (χ2n) is 9.97. The zero-order valence-electron chi connectivity index (χ0n) is 20.6. The molecule has 4 atom stereocenters. The van der Waals surface area contributed by atoms with Gasteiger partial charge < -0.3 is 35.1 Å². The first-order chi connectivity index (χ1) is 17.6. The average Bonchev–Trinajstić information content (AvgIpc) is 2.92. The van der Waals surface area contributed by atoms with Gasteiger partial charge in [0.25, 0.3) is 5.91 Å². The van der Waals surface area contributed by atoms with Gasteiger partial charge in [0.1, 0.15) is 11.8 Å². The first kappa shape index (κ1) is 25.0. The third kappa shape index (κ3) is 5.66. The van der Waals surface area contributed by atoms with Crippen LogP contribution in [-0.2, 0) is 19.1 Å². The summed E-state index contributed by atoms with van der Waals surface area (Å²) in [5, 5.41) is 9.43. The largest absolute Gasteiger partial charge is 0.493 e. The van der Waals surface area contributed by atoms with Crippen molar-refractivity contribution in [1.82, 2.24) is 20.9 Å². The number of rotatable bonds is 2. The Morgan fingerprint density at radius 2 is 1.83 bits per heavy atom. The molecule has 4 aliphatic heterocycles. The van der Waals surface area contributed by atoms with Crippen molar-refractivity contribution >= 4 is 17.7 Å². The van der Waals surface area contributed by atoms with Gasteiger partial charge in [-0.2, -0.15) is 0 Å². The molecular formula is C26H36N4O6. The maximum absolute atomic E-state index is 13.5. The molecule has 3 N–H and O–H groups in total. The number of hydrogen-bond donors (Lipinski definition) is 3. The van der Waals surface area contributed by atoms with E-state index >= 15 is 0 Å². The Kier molecular flexibility index (Phi) is 8.03. The van der Waals surface area contributed by atoms with Crippen LogP contribution in [0.5, 0.6) is 5.75 Å². The number of ether oxygens (including phenoxy) is 3. The molecule has 10 nitrogen and oxygen atoms in total.